The van der Waals surface area contributed by atoms with Gasteiger partial charge in [-0.15, -0.1) is 0 Å². The highest BCUT2D eigenvalue weighted by atomic mass is 19.1. The lowest BCUT2D eigenvalue weighted by Gasteiger charge is -2.07. The van der Waals surface area contributed by atoms with Crippen molar-refractivity contribution in [2.75, 3.05) is 6.54 Å². The van der Waals surface area contributed by atoms with Crippen LogP contribution in [0.4, 0.5) is 4.39 Å². The summed E-state index contributed by atoms with van der Waals surface area (Å²) in [6, 6.07) is 12.2. The Morgan fingerprint density at radius 3 is 2.61 bits per heavy atom. The summed E-state index contributed by atoms with van der Waals surface area (Å²) in [5, 5.41) is 3.81. The van der Waals surface area contributed by atoms with Crippen LogP contribution in [-0.4, -0.2) is 27.4 Å². The highest BCUT2D eigenvalue weighted by molar-refractivity contribution is 5.94. The number of benzene rings is 2. The molecule has 2 aromatic heterocycles. The zero-order valence-electron chi connectivity index (χ0n) is 15.4. The van der Waals surface area contributed by atoms with Crippen molar-refractivity contribution in [1.29, 1.82) is 0 Å². The van der Waals surface area contributed by atoms with Crippen LogP contribution in [0.3, 0.4) is 0 Å². The smallest absolute Gasteiger partial charge is 0.251 e. The lowest BCUT2D eigenvalue weighted by Crippen LogP contribution is -2.25. The van der Waals surface area contributed by atoms with Crippen LogP contribution in [0.5, 0.6) is 0 Å². The van der Waals surface area contributed by atoms with Gasteiger partial charge in [0.25, 0.3) is 5.91 Å². The summed E-state index contributed by atoms with van der Waals surface area (Å²) in [6.07, 6.45) is 5.79. The third-order valence-corrected chi connectivity index (χ3v) is 4.73. The molecule has 0 aliphatic carbocycles. The van der Waals surface area contributed by atoms with E-state index in [1.165, 1.54) is 6.07 Å². The number of rotatable bonds is 5. The standard InChI is InChI=1S/C22H19FN4O/c1-14-3-8-18(23)20-19(14)17(13-27-20)9-12-26-22(28)16-6-4-15(5-7-16)21-24-10-2-11-25-21/h2-8,10-11,13,27H,9,12H2,1H3,(H,26,28). The molecule has 0 atom stereocenters. The maximum absolute atomic E-state index is 13.9. The molecule has 2 aromatic carbocycles. The Labute approximate surface area is 161 Å². The normalized spacial score (nSPS) is 10.9. The Bertz CT molecular complexity index is 1120. The van der Waals surface area contributed by atoms with Crippen molar-refractivity contribution in [3.63, 3.8) is 0 Å². The van der Waals surface area contributed by atoms with Crippen molar-refractivity contribution >= 4 is 16.8 Å². The number of hydrogen-bond donors (Lipinski definition) is 2. The molecule has 140 valence electrons. The third kappa shape index (κ3) is 3.49. The minimum Gasteiger partial charge on any atom is -0.359 e. The van der Waals surface area contributed by atoms with E-state index in [2.05, 4.69) is 20.3 Å². The number of nitrogens with zero attached hydrogens (tertiary/aromatic N) is 2. The molecule has 0 aliphatic rings. The Balaban J connectivity index is 1.41. The van der Waals surface area contributed by atoms with E-state index in [-0.39, 0.29) is 11.7 Å². The number of fused-ring (bicyclic) bond motifs is 1. The molecule has 5 nitrogen and oxygen atoms in total. The van der Waals surface area contributed by atoms with E-state index in [0.29, 0.717) is 29.9 Å². The zero-order valence-corrected chi connectivity index (χ0v) is 15.4. The van der Waals surface area contributed by atoms with E-state index in [0.717, 1.165) is 22.1 Å². The summed E-state index contributed by atoms with van der Waals surface area (Å²) in [6.45, 7) is 2.42. The summed E-state index contributed by atoms with van der Waals surface area (Å²) >= 11 is 0. The molecule has 4 rings (SSSR count). The Morgan fingerprint density at radius 2 is 1.86 bits per heavy atom. The average molecular weight is 374 g/mol. The second-order valence-electron chi connectivity index (χ2n) is 6.58. The number of amides is 1. The van der Waals surface area contributed by atoms with Crippen molar-refractivity contribution in [2.45, 2.75) is 13.3 Å². The Hall–Kier alpha value is -3.54. The maximum atomic E-state index is 13.9. The molecule has 0 aliphatic heterocycles. The predicted molar refractivity (Wildman–Crippen MR) is 106 cm³/mol. The molecule has 0 unspecified atom stereocenters. The maximum Gasteiger partial charge on any atom is 0.251 e. The van der Waals surface area contributed by atoms with Gasteiger partial charge in [0.1, 0.15) is 5.82 Å². The predicted octanol–water partition coefficient (Wildman–Crippen LogP) is 4.04. The number of carbonyl (C=O) groups is 1. The van der Waals surface area contributed by atoms with Gasteiger partial charge in [0.05, 0.1) is 5.52 Å². The number of aromatic nitrogens is 3. The van der Waals surface area contributed by atoms with Gasteiger partial charge >= 0.3 is 0 Å². The van der Waals surface area contributed by atoms with Gasteiger partial charge in [-0.3, -0.25) is 4.79 Å². The van der Waals surface area contributed by atoms with Gasteiger partial charge in [-0.05, 0) is 48.7 Å². The third-order valence-electron chi connectivity index (χ3n) is 4.73. The quantitative estimate of drug-likeness (QED) is 0.554. The van der Waals surface area contributed by atoms with Gasteiger partial charge < -0.3 is 10.3 Å². The SMILES string of the molecule is Cc1ccc(F)c2[nH]cc(CCNC(=O)c3ccc(-c4ncccn4)cc3)c12. The molecule has 28 heavy (non-hydrogen) atoms. The first-order valence-electron chi connectivity index (χ1n) is 9.04. The fourth-order valence-electron chi connectivity index (χ4n) is 3.30. The molecular formula is C22H19FN4O. The minimum atomic E-state index is -0.265. The second kappa shape index (κ2) is 7.60. The summed E-state index contributed by atoms with van der Waals surface area (Å²) < 4.78 is 13.9. The van der Waals surface area contributed by atoms with Gasteiger partial charge in [-0.2, -0.15) is 0 Å². The monoisotopic (exact) mass is 374 g/mol. The number of halogens is 1. The molecular weight excluding hydrogens is 355 g/mol. The summed E-state index contributed by atoms with van der Waals surface area (Å²) in [5.74, 6) is 0.207. The van der Waals surface area contributed by atoms with Gasteiger partial charge in [-0.25, -0.2) is 14.4 Å². The molecule has 6 heteroatoms. The minimum absolute atomic E-state index is 0.150. The average Bonchev–Trinajstić information content (AvgIpc) is 3.17. The van der Waals surface area contributed by atoms with Crippen LogP contribution in [0.2, 0.25) is 0 Å². The van der Waals surface area contributed by atoms with E-state index in [4.69, 9.17) is 0 Å². The molecule has 4 aromatic rings. The molecule has 0 saturated heterocycles. The number of carbonyl (C=O) groups excluding carboxylic acids is 1. The Kier molecular flexibility index (Phi) is 4.85. The number of aromatic amines is 1. The molecule has 2 N–H and O–H groups in total. The number of nitrogens with one attached hydrogen (secondary N) is 2. The highest BCUT2D eigenvalue weighted by Crippen LogP contribution is 2.24. The van der Waals surface area contributed by atoms with Crippen molar-refractivity contribution in [1.82, 2.24) is 20.3 Å². The van der Waals surface area contributed by atoms with Crippen LogP contribution in [0.15, 0.2) is 61.1 Å². The van der Waals surface area contributed by atoms with E-state index in [1.54, 1.807) is 36.7 Å². The Morgan fingerprint density at radius 1 is 1.11 bits per heavy atom. The fraction of sp³-hybridized carbons (Fsp3) is 0.136. The summed E-state index contributed by atoms with van der Waals surface area (Å²) in [5.41, 5.74) is 3.94. The second-order valence-corrected chi connectivity index (χ2v) is 6.58. The van der Waals surface area contributed by atoms with E-state index in [1.807, 2.05) is 25.3 Å². The number of H-pyrrole nitrogens is 1. The van der Waals surface area contributed by atoms with Crippen LogP contribution in [0.1, 0.15) is 21.5 Å². The van der Waals surface area contributed by atoms with Crippen LogP contribution >= 0.6 is 0 Å². The molecule has 2 heterocycles. The van der Waals surface area contributed by atoms with Crippen molar-refractivity contribution in [2.24, 2.45) is 0 Å². The molecule has 0 radical (unpaired) electrons. The summed E-state index contributed by atoms with van der Waals surface area (Å²) in [4.78, 5) is 23.8. The van der Waals surface area contributed by atoms with Crippen LogP contribution in [-0.2, 0) is 6.42 Å². The largest absolute Gasteiger partial charge is 0.359 e. The van der Waals surface area contributed by atoms with Crippen molar-refractivity contribution in [3.8, 4) is 11.4 Å². The van der Waals surface area contributed by atoms with Gasteiger partial charge in [-0.1, -0.05) is 18.2 Å². The van der Waals surface area contributed by atoms with Gasteiger partial charge in [0.2, 0.25) is 0 Å². The first kappa shape index (κ1) is 17.9. The van der Waals surface area contributed by atoms with Crippen LogP contribution in [0.25, 0.3) is 22.3 Å². The van der Waals surface area contributed by atoms with Crippen LogP contribution < -0.4 is 5.32 Å². The van der Waals surface area contributed by atoms with E-state index < -0.39 is 0 Å². The van der Waals surface area contributed by atoms with Crippen molar-refractivity contribution < 1.29 is 9.18 Å². The molecule has 0 saturated carbocycles. The molecule has 0 spiro atoms. The number of hydrogen-bond acceptors (Lipinski definition) is 3. The first-order chi connectivity index (χ1) is 13.6. The van der Waals surface area contributed by atoms with Gasteiger partial charge in [0, 0.05) is 41.6 Å². The van der Waals surface area contributed by atoms with Crippen LogP contribution in [0, 0.1) is 12.7 Å². The van der Waals surface area contributed by atoms with E-state index >= 15 is 0 Å². The highest BCUT2D eigenvalue weighted by Gasteiger charge is 2.11. The fourth-order valence-corrected chi connectivity index (χ4v) is 3.30. The van der Waals surface area contributed by atoms with Crippen molar-refractivity contribution in [3.05, 3.63) is 83.6 Å². The topological polar surface area (TPSA) is 70.7 Å². The lowest BCUT2D eigenvalue weighted by atomic mass is 10.0. The van der Waals surface area contributed by atoms with E-state index in [9.17, 15) is 9.18 Å². The van der Waals surface area contributed by atoms with Gasteiger partial charge in [0.15, 0.2) is 5.82 Å². The summed E-state index contributed by atoms with van der Waals surface area (Å²) in [7, 11) is 0. The first-order valence-corrected chi connectivity index (χ1v) is 9.04. The molecule has 0 fully saturated rings. The number of aryl methyl sites for hydroxylation is 1. The zero-order chi connectivity index (χ0) is 19.5. The molecule has 1 amide bonds. The molecule has 0 bridgehead atoms. The lowest BCUT2D eigenvalue weighted by molar-refractivity contribution is 0.0954.